The average molecular weight is 621 g/mol. The Bertz CT molecular complexity index is 1520. The number of nitrogens with one attached hydrogen (secondary N) is 1. The lowest BCUT2D eigenvalue weighted by molar-refractivity contribution is -0.150. The van der Waals surface area contributed by atoms with E-state index in [1.165, 1.54) is 10.6 Å². The average Bonchev–Trinajstić information content (AvgIpc) is 3.04. The Hall–Kier alpha value is -4.45. The van der Waals surface area contributed by atoms with Crippen LogP contribution in [0.3, 0.4) is 0 Å². The number of rotatable bonds is 9. The fourth-order valence-corrected chi connectivity index (χ4v) is 5.66. The highest BCUT2D eigenvalue weighted by molar-refractivity contribution is 5.81. The number of ether oxygens (including phenoxy) is 2. The van der Waals surface area contributed by atoms with Crippen LogP contribution in [0.15, 0.2) is 48.7 Å². The van der Waals surface area contributed by atoms with Crippen molar-refractivity contribution < 1.29 is 28.2 Å². The van der Waals surface area contributed by atoms with Crippen LogP contribution in [0.5, 0.6) is 5.75 Å². The van der Waals surface area contributed by atoms with E-state index in [4.69, 9.17) is 9.47 Å². The van der Waals surface area contributed by atoms with Gasteiger partial charge in [-0.3, -0.25) is 9.69 Å². The van der Waals surface area contributed by atoms with Crippen molar-refractivity contribution in [3.63, 3.8) is 0 Å². The van der Waals surface area contributed by atoms with Gasteiger partial charge in [0, 0.05) is 69.7 Å². The Morgan fingerprint density at radius 1 is 1.00 bits per heavy atom. The molecule has 0 spiro atoms. The van der Waals surface area contributed by atoms with Crippen molar-refractivity contribution in [3.05, 3.63) is 54.4 Å². The molecule has 3 aliphatic rings. The van der Waals surface area contributed by atoms with Crippen molar-refractivity contribution in [3.8, 4) is 23.2 Å². The number of anilines is 3. The van der Waals surface area contributed by atoms with Crippen molar-refractivity contribution in [1.29, 1.82) is 5.26 Å². The van der Waals surface area contributed by atoms with Crippen molar-refractivity contribution >= 4 is 23.2 Å². The van der Waals surface area contributed by atoms with Gasteiger partial charge in [-0.1, -0.05) is 0 Å². The lowest BCUT2D eigenvalue weighted by Gasteiger charge is -2.43. The van der Waals surface area contributed by atoms with Crippen molar-refractivity contribution in [2.24, 2.45) is 0 Å². The van der Waals surface area contributed by atoms with Gasteiger partial charge in [0.15, 0.2) is 17.5 Å². The SMILES string of the molecule is N#Cc1nc(-c2ccnc(Nc3ccc(N4CCN(C5COC5)CC4)cc3)n2)ccc1OC1CCN(C(=O)[C@H](O)C(F)F)CC1. The zero-order valence-corrected chi connectivity index (χ0v) is 24.6. The van der Waals surface area contributed by atoms with Crippen LogP contribution in [0.1, 0.15) is 18.5 Å². The molecule has 5 heterocycles. The van der Waals surface area contributed by atoms with Gasteiger partial charge >= 0.3 is 0 Å². The number of alkyl halides is 2. The molecule has 1 atom stereocenters. The molecule has 0 saturated carbocycles. The fraction of sp³-hybridized carbons (Fsp3) is 0.452. The molecule has 0 unspecified atom stereocenters. The number of aliphatic hydroxyl groups excluding tert-OH is 1. The van der Waals surface area contributed by atoms with E-state index in [-0.39, 0.29) is 30.6 Å². The Morgan fingerprint density at radius 3 is 2.36 bits per heavy atom. The second-order valence-electron chi connectivity index (χ2n) is 11.2. The maximum atomic E-state index is 12.7. The minimum atomic E-state index is -3.13. The van der Waals surface area contributed by atoms with Gasteiger partial charge in [-0.05, 0) is 42.5 Å². The number of aliphatic hydroxyl groups is 1. The van der Waals surface area contributed by atoms with E-state index in [1.807, 2.05) is 12.1 Å². The number of amides is 1. The highest BCUT2D eigenvalue weighted by atomic mass is 19.3. The third-order valence-corrected chi connectivity index (χ3v) is 8.36. The number of halogens is 2. The summed E-state index contributed by atoms with van der Waals surface area (Å²) in [6.45, 7) is 6.02. The summed E-state index contributed by atoms with van der Waals surface area (Å²) in [4.78, 5) is 31.5. The Labute approximate surface area is 259 Å². The van der Waals surface area contributed by atoms with Crippen LogP contribution in [0, 0.1) is 11.3 Å². The minimum absolute atomic E-state index is 0.0738. The number of benzene rings is 1. The topological polar surface area (TPSA) is 140 Å². The van der Waals surface area contributed by atoms with Crippen LogP contribution in [-0.4, -0.2) is 113 Å². The van der Waals surface area contributed by atoms with Gasteiger partial charge in [-0.25, -0.2) is 23.7 Å². The first-order chi connectivity index (χ1) is 21.9. The van der Waals surface area contributed by atoms with Crippen LogP contribution in [0.4, 0.5) is 26.1 Å². The molecule has 45 heavy (non-hydrogen) atoms. The summed E-state index contributed by atoms with van der Waals surface area (Å²) in [5.41, 5.74) is 3.07. The zero-order valence-electron chi connectivity index (χ0n) is 24.6. The highest BCUT2D eigenvalue weighted by Crippen LogP contribution is 2.27. The van der Waals surface area contributed by atoms with Gasteiger partial charge < -0.3 is 29.7 Å². The van der Waals surface area contributed by atoms with Crippen LogP contribution in [0.2, 0.25) is 0 Å². The monoisotopic (exact) mass is 620 g/mol. The molecule has 14 heteroatoms. The van der Waals surface area contributed by atoms with Crippen LogP contribution < -0.4 is 15.0 Å². The minimum Gasteiger partial charge on any atom is -0.487 e. The van der Waals surface area contributed by atoms with Gasteiger partial charge in [0.05, 0.1) is 30.6 Å². The summed E-state index contributed by atoms with van der Waals surface area (Å²) in [7, 11) is 0. The van der Waals surface area contributed by atoms with Gasteiger partial charge in [0.1, 0.15) is 12.2 Å². The van der Waals surface area contributed by atoms with Gasteiger partial charge in [-0.2, -0.15) is 5.26 Å². The van der Waals surface area contributed by atoms with Crippen LogP contribution in [-0.2, 0) is 9.53 Å². The normalized spacial score (nSPS) is 18.7. The number of hydrogen-bond donors (Lipinski definition) is 2. The van der Waals surface area contributed by atoms with E-state index in [1.54, 1.807) is 24.4 Å². The molecule has 3 saturated heterocycles. The molecule has 12 nitrogen and oxygen atoms in total. The number of nitrogens with zero attached hydrogens (tertiary/aromatic N) is 7. The van der Waals surface area contributed by atoms with Crippen LogP contribution in [0.25, 0.3) is 11.4 Å². The molecule has 1 aromatic carbocycles. The number of hydrogen-bond acceptors (Lipinski definition) is 11. The van der Waals surface area contributed by atoms with E-state index < -0.39 is 18.4 Å². The summed E-state index contributed by atoms with van der Waals surface area (Å²) in [5, 5.41) is 22.4. The largest absolute Gasteiger partial charge is 0.487 e. The van der Waals surface area contributed by atoms with E-state index in [2.05, 4.69) is 48.3 Å². The second-order valence-corrected chi connectivity index (χ2v) is 11.2. The van der Waals surface area contributed by atoms with Crippen molar-refractivity contribution in [2.45, 2.75) is 37.5 Å². The summed E-state index contributed by atoms with van der Waals surface area (Å²) >= 11 is 0. The Balaban J connectivity index is 1.05. The predicted molar refractivity (Wildman–Crippen MR) is 160 cm³/mol. The zero-order chi connectivity index (χ0) is 31.3. The molecule has 3 aliphatic heterocycles. The molecule has 3 fully saturated rings. The second kappa shape index (κ2) is 13.7. The lowest BCUT2D eigenvalue weighted by atomic mass is 10.1. The third kappa shape index (κ3) is 7.11. The molecule has 0 radical (unpaired) electrons. The van der Waals surface area contributed by atoms with Crippen molar-refractivity contribution in [1.82, 2.24) is 24.8 Å². The number of aromatic nitrogens is 3. The number of pyridine rings is 1. The Kier molecular flexibility index (Phi) is 9.29. The molecule has 1 amide bonds. The lowest BCUT2D eigenvalue weighted by Crippen LogP contribution is -2.56. The summed E-state index contributed by atoms with van der Waals surface area (Å²) < 4.78 is 36.7. The van der Waals surface area contributed by atoms with E-state index in [9.17, 15) is 23.9 Å². The van der Waals surface area contributed by atoms with Gasteiger partial charge in [0.25, 0.3) is 12.3 Å². The molecule has 6 rings (SSSR count). The van der Waals surface area contributed by atoms with Crippen LogP contribution >= 0.6 is 0 Å². The number of piperidine rings is 1. The molecule has 0 aliphatic carbocycles. The molecule has 3 aromatic rings. The third-order valence-electron chi connectivity index (χ3n) is 8.36. The van der Waals surface area contributed by atoms with E-state index in [0.29, 0.717) is 36.2 Å². The predicted octanol–water partition coefficient (Wildman–Crippen LogP) is 2.67. The number of carbonyl (C=O) groups excluding carboxylic acids is 1. The molecule has 2 N–H and O–H groups in total. The fourth-order valence-electron chi connectivity index (χ4n) is 5.66. The van der Waals surface area contributed by atoms with E-state index in [0.717, 1.165) is 45.1 Å². The first-order valence-electron chi connectivity index (χ1n) is 15.0. The molecule has 2 aromatic heterocycles. The molecule has 236 valence electrons. The van der Waals surface area contributed by atoms with Crippen molar-refractivity contribution in [2.75, 3.05) is 62.7 Å². The molecule has 0 bridgehead atoms. The standard InChI is InChI=1S/C31H34F2N8O4/c32-29(33)28(42)30(43)41-11-8-23(9-12-41)45-27-6-5-24(37-26(27)17-34)25-7-10-35-31(38-25)36-20-1-3-21(4-2-20)39-13-15-40(16-14-39)22-18-44-19-22/h1-7,10,22-23,28-29,42H,8-9,11-16,18-19H2,(H,35,36,38)/t28-/m1/s1. The molecular formula is C31H34F2N8O4. The highest BCUT2D eigenvalue weighted by Gasteiger charge is 2.33. The Morgan fingerprint density at radius 2 is 1.71 bits per heavy atom. The summed E-state index contributed by atoms with van der Waals surface area (Å²) in [6.07, 6.45) is -3.46. The number of piperazine rings is 1. The first kappa shape index (κ1) is 30.6. The van der Waals surface area contributed by atoms with Gasteiger partial charge in [0.2, 0.25) is 5.95 Å². The van der Waals surface area contributed by atoms with E-state index >= 15 is 0 Å². The molecular weight excluding hydrogens is 586 g/mol. The maximum absolute atomic E-state index is 12.7. The summed E-state index contributed by atoms with van der Waals surface area (Å²) in [6, 6.07) is 15.8. The quantitative estimate of drug-likeness (QED) is 0.365. The number of nitriles is 1. The number of carbonyl (C=O) groups is 1. The number of likely N-dealkylation sites (tertiary alicyclic amines) is 1. The maximum Gasteiger partial charge on any atom is 0.273 e. The summed E-state index contributed by atoms with van der Waals surface area (Å²) in [5.74, 6) is -0.326. The first-order valence-corrected chi connectivity index (χ1v) is 15.0. The smallest absolute Gasteiger partial charge is 0.273 e. The van der Waals surface area contributed by atoms with Gasteiger partial charge in [-0.15, -0.1) is 0 Å².